The molecule has 186 valence electrons. The van der Waals surface area contributed by atoms with Crippen molar-refractivity contribution in [2.45, 2.75) is 55.6 Å². The lowest BCUT2D eigenvalue weighted by Gasteiger charge is -2.35. The Labute approximate surface area is 212 Å². The molecule has 1 saturated carbocycles. The summed E-state index contributed by atoms with van der Waals surface area (Å²) in [6.45, 7) is 2.09. The van der Waals surface area contributed by atoms with E-state index in [4.69, 9.17) is 0 Å². The molecule has 4 rings (SSSR count). The molecule has 2 N–H and O–H groups in total. The van der Waals surface area contributed by atoms with Crippen LogP contribution < -0.4 is 10.0 Å². The number of sulfonamides is 1. The van der Waals surface area contributed by atoms with Gasteiger partial charge in [0.15, 0.2) is 0 Å². The standard InChI is InChI=1S/C26H29N3O4S.ClH/c1-19(20-11-13-22(14-12-20)21-7-3-2-4-8-21)27-25-9-5-6-10-26(25)28-34(32,33)24-17-15-23(16-18-24)29(30)31;/h2-4,7-8,11-19,25-28H,5-6,9-10H2,1H3;1H/t19?,25-,26-;/m1./s1. The van der Waals surface area contributed by atoms with E-state index in [1.54, 1.807) is 0 Å². The van der Waals surface area contributed by atoms with Gasteiger partial charge in [0.1, 0.15) is 0 Å². The summed E-state index contributed by atoms with van der Waals surface area (Å²) in [4.78, 5) is 10.4. The van der Waals surface area contributed by atoms with E-state index in [2.05, 4.69) is 53.4 Å². The van der Waals surface area contributed by atoms with E-state index >= 15 is 0 Å². The largest absolute Gasteiger partial charge is 0.306 e. The first-order valence-corrected chi connectivity index (χ1v) is 13.0. The van der Waals surface area contributed by atoms with Gasteiger partial charge < -0.3 is 5.32 Å². The van der Waals surface area contributed by atoms with Gasteiger partial charge >= 0.3 is 0 Å². The van der Waals surface area contributed by atoms with Gasteiger partial charge in [-0.1, -0.05) is 67.4 Å². The molecule has 1 unspecified atom stereocenters. The van der Waals surface area contributed by atoms with Crippen molar-refractivity contribution in [2.24, 2.45) is 0 Å². The fourth-order valence-corrected chi connectivity index (χ4v) is 5.81. The minimum absolute atomic E-state index is 0. The lowest BCUT2D eigenvalue weighted by Crippen LogP contribution is -2.52. The van der Waals surface area contributed by atoms with E-state index in [0.29, 0.717) is 0 Å². The Hall–Kier alpha value is -2.78. The quantitative estimate of drug-likeness (QED) is 0.299. The van der Waals surface area contributed by atoms with Crippen LogP contribution in [0.3, 0.4) is 0 Å². The predicted octanol–water partition coefficient (Wildman–Crippen LogP) is 5.62. The molecule has 0 saturated heterocycles. The molecule has 3 aromatic rings. The van der Waals surface area contributed by atoms with Gasteiger partial charge in [-0.3, -0.25) is 10.1 Å². The van der Waals surface area contributed by atoms with Crippen LogP contribution in [0.1, 0.15) is 44.2 Å². The van der Waals surface area contributed by atoms with Gasteiger partial charge in [-0.2, -0.15) is 0 Å². The van der Waals surface area contributed by atoms with Gasteiger partial charge in [-0.15, -0.1) is 12.4 Å². The number of hydrogen-bond acceptors (Lipinski definition) is 5. The Balaban J connectivity index is 0.00000342. The molecule has 0 aliphatic heterocycles. The van der Waals surface area contributed by atoms with Gasteiger partial charge in [-0.25, -0.2) is 13.1 Å². The molecular formula is C26H30ClN3O4S. The summed E-state index contributed by atoms with van der Waals surface area (Å²) in [5.74, 6) is 0. The van der Waals surface area contributed by atoms with E-state index in [1.165, 1.54) is 29.8 Å². The Bertz CT molecular complexity index is 1220. The minimum Gasteiger partial charge on any atom is -0.306 e. The summed E-state index contributed by atoms with van der Waals surface area (Å²) in [6.07, 6.45) is 3.60. The van der Waals surface area contributed by atoms with Crippen molar-refractivity contribution < 1.29 is 13.3 Å². The van der Waals surface area contributed by atoms with Crippen LogP contribution >= 0.6 is 12.4 Å². The van der Waals surface area contributed by atoms with E-state index in [9.17, 15) is 18.5 Å². The summed E-state index contributed by atoms with van der Waals surface area (Å²) in [5, 5.41) is 14.5. The van der Waals surface area contributed by atoms with E-state index in [0.717, 1.165) is 36.8 Å². The van der Waals surface area contributed by atoms with Crippen LogP contribution in [0.4, 0.5) is 5.69 Å². The Kier molecular flexibility index (Phi) is 9.02. The number of nitrogens with one attached hydrogen (secondary N) is 2. The maximum Gasteiger partial charge on any atom is 0.269 e. The maximum absolute atomic E-state index is 12.9. The summed E-state index contributed by atoms with van der Waals surface area (Å²) in [7, 11) is -3.78. The first-order valence-electron chi connectivity index (χ1n) is 11.5. The minimum atomic E-state index is -3.78. The lowest BCUT2D eigenvalue weighted by atomic mass is 9.90. The van der Waals surface area contributed by atoms with Gasteiger partial charge in [0.05, 0.1) is 9.82 Å². The van der Waals surface area contributed by atoms with Crippen LogP contribution in [-0.4, -0.2) is 25.4 Å². The van der Waals surface area contributed by atoms with Crippen molar-refractivity contribution in [1.29, 1.82) is 0 Å². The highest BCUT2D eigenvalue weighted by Gasteiger charge is 2.30. The van der Waals surface area contributed by atoms with Crippen LogP contribution in [0.2, 0.25) is 0 Å². The highest BCUT2D eigenvalue weighted by atomic mass is 35.5. The van der Waals surface area contributed by atoms with Gasteiger partial charge in [0, 0.05) is 30.3 Å². The molecule has 0 amide bonds. The van der Waals surface area contributed by atoms with Crippen molar-refractivity contribution in [2.75, 3.05) is 0 Å². The Morgan fingerprint density at radius 2 is 1.43 bits per heavy atom. The highest BCUT2D eigenvalue weighted by Crippen LogP contribution is 2.26. The third-order valence-electron chi connectivity index (χ3n) is 6.41. The number of nitro benzene ring substituents is 1. The zero-order chi connectivity index (χ0) is 24.1. The predicted molar refractivity (Wildman–Crippen MR) is 140 cm³/mol. The molecule has 3 atom stereocenters. The molecule has 35 heavy (non-hydrogen) atoms. The van der Waals surface area contributed by atoms with Gasteiger partial charge in [0.25, 0.3) is 5.69 Å². The number of nitro groups is 1. The van der Waals surface area contributed by atoms with Crippen LogP contribution in [-0.2, 0) is 10.0 Å². The molecule has 0 spiro atoms. The molecule has 0 bridgehead atoms. The second-order valence-corrected chi connectivity index (χ2v) is 10.5. The molecule has 1 aliphatic carbocycles. The molecule has 7 nitrogen and oxygen atoms in total. The monoisotopic (exact) mass is 515 g/mol. The highest BCUT2D eigenvalue weighted by molar-refractivity contribution is 7.89. The van der Waals surface area contributed by atoms with E-state index in [1.807, 2.05) is 18.2 Å². The molecule has 0 aromatic heterocycles. The van der Waals surface area contributed by atoms with Crippen molar-refractivity contribution >= 4 is 28.1 Å². The smallest absolute Gasteiger partial charge is 0.269 e. The fourth-order valence-electron chi connectivity index (χ4n) is 4.50. The number of nitrogens with zero attached hydrogens (tertiary/aromatic N) is 1. The van der Waals surface area contributed by atoms with Crippen molar-refractivity contribution in [3.05, 3.63) is 94.5 Å². The second-order valence-electron chi connectivity index (χ2n) is 8.75. The normalized spacial score (nSPS) is 18.9. The SMILES string of the molecule is CC(N[C@@H]1CCCC[C@H]1NS(=O)(=O)c1ccc([N+](=O)[O-])cc1)c1ccc(-c2ccccc2)cc1.Cl. The molecule has 0 radical (unpaired) electrons. The molecular weight excluding hydrogens is 486 g/mol. The van der Waals surface area contributed by atoms with Gasteiger partial charge in [0.2, 0.25) is 10.0 Å². The van der Waals surface area contributed by atoms with Crippen molar-refractivity contribution in [3.63, 3.8) is 0 Å². The third kappa shape index (κ3) is 6.67. The van der Waals surface area contributed by atoms with E-state index < -0.39 is 14.9 Å². The van der Waals surface area contributed by atoms with Crippen LogP contribution in [0.15, 0.2) is 83.8 Å². The van der Waals surface area contributed by atoms with Crippen LogP contribution in [0, 0.1) is 10.1 Å². The van der Waals surface area contributed by atoms with Gasteiger partial charge in [-0.05, 0) is 48.6 Å². The first kappa shape index (κ1) is 26.8. The average molecular weight is 516 g/mol. The molecule has 1 fully saturated rings. The fraction of sp³-hybridized carbons (Fsp3) is 0.308. The summed E-state index contributed by atoms with van der Waals surface area (Å²) < 4.78 is 28.7. The number of benzene rings is 3. The van der Waals surface area contributed by atoms with E-state index in [-0.39, 0.29) is 41.1 Å². The number of hydrogen-bond donors (Lipinski definition) is 2. The number of non-ortho nitro benzene ring substituents is 1. The Morgan fingerprint density at radius 3 is 2.03 bits per heavy atom. The second kappa shape index (κ2) is 11.8. The maximum atomic E-state index is 12.9. The van der Waals surface area contributed by atoms with Crippen LogP contribution in [0.5, 0.6) is 0 Å². The third-order valence-corrected chi connectivity index (χ3v) is 7.92. The lowest BCUT2D eigenvalue weighted by molar-refractivity contribution is -0.384. The summed E-state index contributed by atoms with van der Waals surface area (Å²) >= 11 is 0. The zero-order valence-corrected chi connectivity index (χ0v) is 21.1. The number of halogens is 1. The molecule has 1 aliphatic rings. The van der Waals surface area contributed by atoms with Crippen LogP contribution in [0.25, 0.3) is 11.1 Å². The topological polar surface area (TPSA) is 101 Å². The first-order chi connectivity index (χ1) is 16.3. The average Bonchev–Trinajstić information content (AvgIpc) is 2.86. The van der Waals surface area contributed by atoms with Crippen molar-refractivity contribution in [1.82, 2.24) is 10.0 Å². The zero-order valence-electron chi connectivity index (χ0n) is 19.5. The molecule has 0 heterocycles. The Morgan fingerprint density at radius 1 is 0.857 bits per heavy atom. The summed E-state index contributed by atoms with van der Waals surface area (Å²) in [5.41, 5.74) is 3.33. The van der Waals surface area contributed by atoms with Crippen molar-refractivity contribution in [3.8, 4) is 11.1 Å². The summed E-state index contributed by atoms with van der Waals surface area (Å²) in [6, 6.07) is 23.4. The molecule has 9 heteroatoms. The molecule has 3 aromatic carbocycles. The number of rotatable bonds is 8.